The Morgan fingerprint density at radius 3 is 0.981 bits per heavy atom. The molecular formula is C42H44N8O2+2. The molecule has 4 aromatic carbocycles. The molecule has 262 valence electrons. The Bertz CT molecular complexity index is 1860. The number of rotatable bonds is 17. The van der Waals surface area contributed by atoms with Crippen molar-refractivity contribution in [2.75, 3.05) is 24.9 Å². The Kier molecular flexibility index (Phi) is 12.6. The number of pyridine rings is 2. The van der Waals surface area contributed by atoms with E-state index in [1.165, 1.54) is 12.8 Å². The zero-order valence-electron chi connectivity index (χ0n) is 29.6. The molecule has 0 aliphatic heterocycles. The minimum atomic E-state index is 0.800. The third-order valence-corrected chi connectivity index (χ3v) is 8.38. The first-order chi connectivity index (χ1) is 25.6. The van der Waals surface area contributed by atoms with Crippen molar-refractivity contribution in [1.29, 1.82) is 0 Å². The highest BCUT2D eigenvalue weighted by atomic mass is 16.5. The van der Waals surface area contributed by atoms with Gasteiger partial charge >= 0.3 is 0 Å². The normalized spacial score (nSPS) is 11.2. The molecular weight excluding hydrogens is 649 g/mol. The van der Waals surface area contributed by atoms with E-state index in [0.29, 0.717) is 0 Å². The van der Waals surface area contributed by atoms with Crippen LogP contribution in [0.2, 0.25) is 0 Å². The van der Waals surface area contributed by atoms with E-state index < -0.39 is 0 Å². The summed E-state index contributed by atoms with van der Waals surface area (Å²) in [7, 11) is 3.33. The predicted molar refractivity (Wildman–Crippen MR) is 206 cm³/mol. The lowest BCUT2D eigenvalue weighted by Gasteiger charge is -2.07. The standard InChI is InChI=1S/C42H42N8O2/c1-51-41-19-15-35(16-20-41)43-33-7-11-37(12-8-33)45-47-39-23-29-49(30-24-39)27-5-3-4-6-28-50-31-25-40(26-32-50)48-46-38-13-9-34(10-14-38)44-36-17-21-42(52-2)22-18-36/h7-26,29-32H,3-6,27-28H2,1-2H3/p+2. The lowest BCUT2D eigenvalue weighted by molar-refractivity contribution is -0.698. The number of unbranched alkanes of at least 4 members (excludes halogenated alkanes) is 3. The van der Waals surface area contributed by atoms with Crippen LogP contribution in [0.25, 0.3) is 0 Å². The summed E-state index contributed by atoms with van der Waals surface area (Å²) in [5.74, 6) is 1.66. The van der Waals surface area contributed by atoms with Crippen LogP contribution in [0.15, 0.2) is 167 Å². The largest absolute Gasteiger partial charge is 0.497 e. The molecule has 0 unspecified atom stereocenters. The number of hydrogen-bond acceptors (Lipinski definition) is 8. The predicted octanol–water partition coefficient (Wildman–Crippen LogP) is 10.9. The van der Waals surface area contributed by atoms with E-state index in [2.05, 4.69) is 65.0 Å². The highest BCUT2D eigenvalue weighted by molar-refractivity contribution is 5.63. The topological polar surface area (TPSA) is 99.7 Å². The molecule has 6 rings (SSSR count). The molecule has 0 bridgehead atoms. The maximum Gasteiger partial charge on any atom is 0.171 e. The second-order valence-electron chi connectivity index (χ2n) is 12.2. The van der Waals surface area contributed by atoms with Gasteiger partial charge in [0.2, 0.25) is 0 Å². The summed E-state index contributed by atoms with van der Waals surface area (Å²) in [5.41, 5.74) is 7.21. The van der Waals surface area contributed by atoms with E-state index in [1.54, 1.807) is 14.2 Å². The second-order valence-corrected chi connectivity index (χ2v) is 12.2. The molecule has 0 spiro atoms. The molecule has 0 fully saturated rings. The van der Waals surface area contributed by atoms with E-state index in [0.717, 1.165) is 82.9 Å². The van der Waals surface area contributed by atoms with Crippen molar-refractivity contribution in [3.05, 3.63) is 146 Å². The van der Waals surface area contributed by atoms with Crippen LogP contribution >= 0.6 is 0 Å². The number of nitrogens with zero attached hydrogens (tertiary/aromatic N) is 6. The van der Waals surface area contributed by atoms with Gasteiger partial charge in [0.25, 0.3) is 0 Å². The fraction of sp³-hybridized carbons (Fsp3) is 0.190. The van der Waals surface area contributed by atoms with E-state index >= 15 is 0 Å². The van der Waals surface area contributed by atoms with Gasteiger partial charge in [0, 0.05) is 59.9 Å². The molecule has 0 saturated heterocycles. The SMILES string of the molecule is COc1ccc(Nc2ccc(N=Nc3cc[n+](CCCCCC[n+]4ccc(N=Nc5ccc(Nc6ccc(OC)cc6)cc5)cc4)cc3)cc2)cc1. The molecule has 2 N–H and O–H groups in total. The summed E-state index contributed by atoms with van der Waals surface area (Å²) in [6, 6.07) is 39.4. The number of nitrogens with one attached hydrogen (secondary N) is 2. The quantitative estimate of drug-likeness (QED) is 0.0564. The third-order valence-electron chi connectivity index (χ3n) is 8.38. The van der Waals surface area contributed by atoms with Gasteiger partial charge in [0.05, 0.1) is 37.0 Å². The van der Waals surface area contributed by atoms with Crippen molar-refractivity contribution in [2.45, 2.75) is 38.8 Å². The van der Waals surface area contributed by atoms with Crippen molar-refractivity contribution >= 4 is 45.5 Å². The first kappa shape index (κ1) is 35.4. The molecule has 0 atom stereocenters. The Morgan fingerprint density at radius 2 is 0.673 bits per heavy atom. The number of aromatic nitrogens is 2. The average Bonchev–Trinajstić information content (AvgIpc) is 3.20. The van der Waals surface area contributed by atoms with E-state index in [-0.39, 0.29) is 0 Å². The summed E-state index contributed by atoms with van der Waals surface area (Å²) in [4.78, 5) is 0. The van der Waals surface area contributed by atoms with Gasteiger partial charge in [-0.15, -0.1) is 0 Å². The van der Waals surface area contributed by atoms with Crippen LogP contribution < -0.4 is 29.2 Å². The van der Waals surface area contributed by atoms with Crippen molar-refractivity contribution < 1.29 is 18.6 Å². The molecule has 10 heteroatoms. The number of azo groups is 2. The van der Waals surface area contributed by atoms with Crippen LogP contribution in [0.4, 0.5) is 45.5 Å². The van der Waals surface area contributed by atoms with Gasteiger partial charge in [0.1, 0.15) is 24.6 Å². The lowest BCUT2D eigenvalue weighted by Crippen LogP contribution is -2.33. The molecule has 0 saturated carbocycles. The summed E-state index contributed by atoms with van der Waals surface area (Å²) in [6.07, 6.45) is 12.9. The van der Waals surface area contributed by atoms with E-state index in [1.807, 2.05) is 121 Å². The number of benzene rings is 4. The number of methoxy groups -OCH3 is 2. The van der Waals surface area contributed by atoms with Gasteiger partial charge in [-0.05, 0) is 110 Å². The van der Waals surface area contributed by atoms with Crippen LogP contribution in [-0.2, 0) is 13.1 Å². The number of hydrogen-bond donors (Lipinski definition) is 2. The summed E-state index contributed by atoms with van der Waals surface area (Å²) in [5, 5.41) is 24.4. The van der Waals surface area contributed by atoms with Crippen LogP contribution in [-0.4, -0.2) is 14.2 Å². The number of aryl methyl sites for hydroxylation is 2. The highest BCUT2D eigenvalue weighted by Crippen LogP contribution is 2.25. The minimum absolute atomic E-state index is 0.800. The number of ether oxygens (including phenoxy) is 2. The summed E-state index contributed by atoms with van der Waals surface area (Å²) < 4.78 is 14.8. The Balaban J connectivity index is 0.852. The fourth-order valence-corrected chi connectivity index (χ4v) is 5.41. The van der Waals surface area contributed by atoms with Crippen LogP contribution in [0, 0.1) is 0 Å². The Hall–Kier alpha value is -6.42. The molecule has 0 aliphatic carbocycles. The second kappa shape index (κ2) is 18.5. The Morgan fingerprint density at radius 1 is 0.385 bits per heavy atom. The molecule has 0 amide bonds. The number of anilines is 4. The maximum absolute atomic E-state index is 5.22. The molecule has 0 aliphatic rings. The minimum Gasteiger partial charge on any atom is -0.497 e. The van der Waals surface area contributed by atoms with Gasteiger partial charge < -0.3 is 20.1 Å². The monoisotopic (exact) mass is 692 g/mol. The Labute approximate surface area is 305 Å². The first-order valence-corrected chi connectivity index (χ1v) is 17.5. The van der Waals surface area contributed by atoms with Gasteiger partial charge in [0.15, 0.2) is 24.8 Å². The van der Waals surface area contributed by atoms with Crippen molar-refractivity contribution in [2.24, 2.45) is 20.5 Å². The molecule has 0 radical (unpaired) electrons. The third kappa shape index (κ3) is 11.0. The van der Waals surface area contributed by atoms with E-state index in [9.17, 15) is 0 Å². The van der Waals surface area contributed by atoms with Gasteiger partial charge in [-0.1, -0.05) is 0 Å². The summed E-state index contributed by atoms with van der Waals surface area (Å²) >= 11 is 0. The zero-order chi connectivity index (χ0) is 35.8. The van der Waals surface area contributed by atoms with Crippen LogP contribution in [0.5, 0.6) is 11.5 Å². The molecule has 10 nitrogen and oxygen atoms in total. The smallest absolute Gasteiger partial charge is 0.171 e. The lowest BCUT2D eigenvalue weighted by atomic mass is 10.2. The first-order valence-electron chi connectivity index (χ1n) is 17.5. The van der Waals surface area contributed by atoms with Crippen molar-refractivity contribution in [3.63, 3.8) is 0 Å². The van der Waals surface area contributed by atoms with Crippen LogP contribution in [0.1, 0.15) is 25.7 Å². The maximum atomic E-state index is 5.22. The molecule has 52 heavy (non-hydrogen) atoms. The fourth-order valence-electron chi connectivity index (χ4n) is 5.41. The van der Waals surface area contributed by atoms with Gasteiger partial charge in [-0.25, -0.2) is 9.13 Å². The van der Waals surface area contributed by atoms with E-state index in [4.69, 9.17) is 9.47 Å². The highest BCUT2D eigenvalue weighted by Gasteiger charge is 2.05. The van der Waals surface area contributed by atoms with Crippen molar-refractivity contribution in [1.82, 2.24) is 0 Å². The molecule has 2 heterocycles. The van der Waals surface area contributed by atoms with Crippen LogP contribution in [0.3, 0.4) is 0 Å². The zero-order valence-corrected chi connectivity index (χ0v) is 29.6. The molecule has 2 aromatic heterocycles. The average molecular weight is 693 g/mol. The summed E-state index contributed by atoms with van der Waals surface area (Å²) in [6.45, 7) is 1.96. The molecule has 6 aromatic rings. The van der Waals surface area contributed by atoms with Crippen molar-refractivity contribution in [3.8, 4) is 11.5 Å². The van der Waals surface area contributed by atoms with Gasteiger partial charge in [-0.3, -0.25) is 0 Å². The van der Waals surface area contributed by atoms with Gasteiger partial charge in [-0.2, -0.15) is 20.5 Å².